The zero-order valence-electron chi connectivity index (χ0n) is 24.3. The van der Waals surface area contributed by atoms with Crippen LogP contribution in [0.1, 0.15) is 54.7 Å². The Morgan fingerprint density at radius 1 is 1.24 bits per heavy atom. The van der Waals surface area contributed by atoms with Crippen molar-refractivity contribution in [2.75, 3.05) is 19.6 Å². The molecule has 1 saturated heterocycles. The van der Waals surface area contributed by atoms with Gasteiger partial charge in [-0.3, -0.25) is 9.69 Å². The minimum absolute atomic E-state index is 0.00659. The highest BCUT2D eigenvalue weighted by Gasteiger charge is 2.66. The Morgan fingerprint density at radius 2 is 2.07 bits per heavy atom. The van der Waals surface area contributed by atoms with Crippen molar-refractivity contribution in [1.82, 2.24) is 9.80 Å². The number of nitrogens with zero attached hydrogens (tertiary/aromatic N) is 2. The number of carbonyl (C=O) groups excluding carboxylic acids is 1. The highest BCUT2D eigenvalue weighted by atomic mass is 79.9. The Hall–Kier alpha value is -2.61. The second kappa shape index (κ2) is 11.1. The summed E-state index contributed by atoms with van der Waals surface area (Å²) < 4.78 is 7.97. The maximum atomic E-state index is 13.9. The molecule has 220 valence electrons. The van der Waals surface area contributed by atoms with Gasteiger partial charge in [-0.05, 0) is 96.3 Å². The molecule has 2 aliphatic heterocycles. The molecule has 1 spiro atoms. The molecule has 4 aliphatic rings. The largest absolute Gasteiger partial charge is 0.508 e. The number of halogens is 1. The summed E-state index contributed by atoms with van der Waals surface area (Å²) in [6, 6.07) is 17.0. The average Bonchev–Trinajstić information content (AvgIpc) is 3.55. The van der Waals surface area contributed by atoms with Crippen LogP contribution in [0.4, 0.5) is 0 Å². The number of likely N-dealkylation sites (tertiary alicyclic amines) is 1. The van der Waals surface area contributed by atoms with Crippen LogP contribution in [0, 0.1) is 11.8 Å². The van der Waals surface area contributed by atoms with E-state index in [1.165, 1.54) is 11.1 Å². The predicted octanol–water partition coefficient (Wildman–Crippen LogP) is 7.06. The lowest BCUT2D eigenvalue weighted by Crippen LogP contribution is -2.69. The van der Waals surface area contributed by atoms with Crippen molar-refractivity contribution in [2.45, 2.75) is 69.6 Å². The number of hydrogen-bond donors (Lipinski definition) is 1. The number of rotatable bonds is 8. The lowest BCUT2D eigenvalue weighted by atomic mass is 9.50. The summed E-state index contributed by atoms with van der Waals surface area (Å²) in [5.74, 6) is 2.18. The number of aromatic hydroxyl groups is 1. The maximum Gasteiger partial charge on any atom is 0.246 e. The fourth-order valence-electron chi connectivity index (χ4n) is 8.57. The molecule has 1 N–H and O–H groups in total. The summed E-state index contributed by atoms with van der Waals surface area (Å²) in [5, 5.41) is 13.2. The molecule has 1 aromatic heterocycles. The lowest BCUT2D eigenvalue weighted by molar-refractivity contribution is -0.138. The van der Waals surface area contributed by atoms with Gasteiger partial charge in [0.1, 0.15) is 17.6 Å². The first kappa shape index (κ1) is 28.2. The number of phenolic OH excluding ortho intramolecular Hbond substituents is 1. The van der Waals surface area contributed by atoms with Crippen LogP contribution < -0.4 is 4.74 Å². The minimum atomic E-state index is -0.170. The van der Waals surface area contributed by atoms with Gasteiger partial charge in [0.2, 0.25) is 5.91 Å². The molecule has 2 bridgehead atoms. The van der Waals surface area contributed by atoms with Crippen molar-refractivity contribution in [2.24, 2.45) is 11.8 Å². The fraction of sp³-hybridized carbons (Fsp3) is 0.457. The molecule has 0 radical (unpaired) electrons. The third-order valence-corrected chi connectivity index (χ3v) is 11.8. The summed E-state index contributed by atoms with van der Waals surface area (Å²) in [6.45, 7) is 7.11. The molecule has 42 heavy (non-hydrogen) atoms. The molecule has 3 aromatic rings. The molecule has 5 atom stereocenters. The average molecular weight is 648 g/mol. The van der Waals surface area contributed by atoms with Gasteiger partial charge in [0.25, 0.3) is 0 Å². The highest BCUT2D eigenvalue weighted by Crippen LogP contribution is 2.63. The Balaban J connectivity index is 1.22. The number of benzene rings is 2. The first-order chi connectivity index (χ1) is 20.3. The summed E-state index contributed by atoms with van der Waals surface area (Å²) in [6.07, 6.45) is 8.49. The number of hydrogen-bond acceptors (Lipinski definition) is 5. The van der Waals surface area contributed by atoms with E-state index in [1.807, 2.05) is 29.7 Å². The molecular weight excluding hydrogens is 608 g/mol. The second-order valence-corrected chi connectivity index (χ2v) is 14.8. The van der Waals surface area contributed by atoms with Gasteiger partial charge in [0, 0.05) is 56.5 Å². The van der Waals surface area contributed by atoms with Crippen molar-refractivity contribution in [1.29, 1.82) is 0 Å². The number of amides is 1. The number of thiophene rings is 1. The standard InChI is InChI=1S/C35H39BrN2O3S/c1-22(2)20-38(32(40)13-8-25-18-24(36)21-42-25)28-10-9-27-29-19-26-30(39)11-12-31-33(26)35(27,34(28)41-31)15-17-37(29)16-14-23-6-4-3-5-7-23/h3-8,11-13,18,21-22,27-29,34,39H,9-10,14-17,19-20H2,1-2H3/b13-8+/t27-,28+,29+,34-,35-/m0/s1. The van der Waals surface area contributed by atoms with Crippen molar-refractivity contribution >= 4 is 39.2 Å². The van der Waals surface area contributed by atoms with Crippen LogP contribution >= 0.6 is 27.3 Å². The zero-order valence-corrected chi connectivity index (χ0v) is 26.7. The van der Waals surface area contributed by atoms with Crippen LogP contribution in [0.25, 0.3) is 6.08 Å². The van der Waals surface area contributed by atoms with Crippen LogP contribution in [0.5, 0.6) is 11.5 Å². The van der Waals surface area contributed by atoms with Crippen LogP contribution in [-0.4, -0.2) is 58.6 Å². The smallest absolute Gasteiger partial charge is 0.246 e. The third kappa shape index (κ3) is 4.72. The molecule has 0 unspecified atom stereocenters. The van der Waals surface area contributed by atoms with Gasteiger partial charge in [-0.25, -0.2) is 0 Å². The fourth-order valence-corrected chi connectivity index (χ4v) is 9.91. The molecule has 7 rings (SSSR count). The van der Waals surface area contributed by atoms with Gasteiger partial charge in [-0.2, -0.15) is 0 Å². The molecule has 2 aliphatic carbocycles. The van der Waals surface area contributed by atoms with Gasteiger partial charge in [0.15, 0.2) is 0 Å². The summed E-state index contributed by atoms with van der Waals surface area (Å²) in [4.78, 5) is 19.8. The summed E-state index contributed by atoms with van der Waals surface area (Å²) in [5.41, 5.74) is 3.52. The predicted molar refractivity (Wildman–Crippen MR) is 172 cm³/mol. The van der Waals surface area contributed by atoms with Crippen LogP contribution in [0.2, 0.25) is 0 Å². The van der Waals surface area contributed by atoms with E-state index in [9.17, 15) is 9.90 Å². The number of ether oxygens (including phenoxy) is 1. The SMILES string of the molecule is CC(C)CN(C(=O)/C=C/c1cc(Br)cs1)[C@@H]1CC[C@H]2[C@H]3Cc4c(O)ccc5c4[C@@]2(CCN3CCc2ccccc2)[C@H]1O5. The second-order valence-electron chi connectivity index (χ2n) is 12.9. The molecule has 5 nitrogen and oxygen atoms in total. The maximum absolute atomic E-state index is 13.9. The van der Waals surface area contributed by atoms with Gasteiger partial charge >= 0.3 is 0 Å². The molecule has 3 heterocycles. The van der Waals surface area contributed by atoms with Crippen molar-refractivity contribution in [3.05, 3.63) is 86.0 Å². The molecular formula is C35H39BrN2O3S. The van der Waals surface area contributed by atoms with Crippen molar-refractivity contribution in [3.8, 4) is 11.5 Å². The van der Waals surface area contributed by atoms with Gasteiger partial charge in [0.05, 0.1) is 6.04 Å². The lowest BCUT2D eigenvalue weighted by Gasteiger charge is -2.60. The normalized spacial score (nSPS) is 27.7. The van der Waals surface area contributed by atoms with E-state index in [-0.39, 0.29) is 23.5 Å². The van der Waals surface area contributed by atoms with E-state index in [0.29, 0.717) is 30.2 Å². The van der Waals surface area contributed by atoms with Crippen LogP contribution in [0.3, 0.4) is 0 Å². The van der Waals surface area contributed by atoms with Crippen molar-refractivity contribution in [3.63, 3.8) is 0 Å². The summed E-state index contributed by atoms with van der Waals surface area (Å²) >= 11 is 5.15. The van der Waals surface area contributed by atoms with Crippen LogP contribution in [-0.2, 0) is 23.1 Å². The van der Waals surface area contributed by atoms with Gasteiger partial charge in [-0.15, -0.1) is 11.3 Å². The number of carbonyl (C=O) groups is 1. The molecule has 2 fully saturated rings. The monoisotopic (exact) mass is 646 g/mol. The van der Waals surface area contributed by atoms with E-state index in [2.05, 4.69) is 69.9 Å². The molecule has 7 heteroatoms. The van der Waals surface area contributed by atoms with E-state index in [0.717, 1.165) is 65.9 Å². The Morgan fingerprint density at radius 3 is 2.83 bits per heavy atom. The Labute approximate surface area is 261 Å². The third-order valence-electron chi connectivity index (χ3n) is 10.2. The first-order valence-corrected chi connectivity index (χ1v) is 17.0. The topological polar surface area (TPSA) is 53.0 Å². The van der Waals surface area contributed by atoms with E-state index >= 15 is 0 Å². The molecule has 1 saturated carbocycles. The van der Waals surface area contributed by atoms with E-state index < -0.39 is 0 Å². The highest BCUT2D eigenvalue weighted by molar-refractivity contribution is 9.10. The van der Waals surface area contributed by atoms with E-state index in [1.54, 1.807) is 17.4 Å². The van der Waals surface area contributed by atoms with Crippen molar-refractivity contribution < 1.29 is 14.6 Å². The number of phenols is 1. The van der Waals surface area contributed by atoms with E-state index in [4.69, 9.17) is 4.74 Å². The molecule has 2 aromatic carbocycles. The first-order valence-electron chi connectivity index (χ1n) is 15.4. The van der Waals surface area contributed by atoms with Gasteiger partial charge in [-0.1, -0.05) is 44.2 Å². The quantitative estimate of drug-likeness (QED) is 0.266. The van der Waals surface area contributed by atoms with Gasteiger partial charge < -0.3 is 14.7 Å². The molecule has 1 amide bonds. The zero-order chi connectivity index (χ0) is 29.0. The van der Waals surface area contributed by atoms with Crippen LogP contribution in [0.15, 0.2) is 64.5 Å². The summed E-state index contributed by atoms with van der Waals surface area (Å²) in [7, 11) is 0. The minimum Gasteiger partial charge on any atom is -0.508 e. The Kier molecular flexibility index (Phi) is 7.48. The Bertz CT molecular complexity index is 1500. The number of piperidine rings is 1.